The smallest absolute Gasteiger partial charge is 0.150 e. The van der Waals surface area contributed by atoms with Crippen LogP contribution in [0, 0.1) is 6.92 Å². The van der Waals surface area contributed by atoms with Crippen molar-refractivity contribution < 1.29 is 4.74 Å². The SMILES string of the molecule is Cc1csc(SCCCOc2ccccc2)n1. The van der Waals surface area contributed by atoms with E-state index >= 15 is 0 Å². The summed E-state index contributed by atoms with van der Waals surface area (Å²) in [4.78, 5) is 4.41. The van der Waals surface area contributed by atoms with Crippen LogP contribution in [0.15, 0.2) is 40.1 Å². The van der Waals surface area contributed by atoms with Crippen LogP contribution in [0.5, 0.6) is 5.75 Å². The minimum absolute atomic E-state index is 0.765. The second-order valence-electron chi connectivity index (χ2n) is 3.62. The van der Waals surface area contributed by atoms with Gasteiger partial charge in [-0.15, -0.1) is 11.3 Å². The maximum Gasteiger partial charge on any atom is 0.150 e. The summed E-state index contributed by atoms with van der Waals surface area (Å²) in [5.41, 5.74) is 1.11. The second-order valence-corrected chi connectivity index (χ2v) is 5.82. The van der Waals surface area contributed by atoms with Gasteiger partial charge >= 0.3 is 0 Å². The van der Waals surface area contributed by atoms with Gasteiger partial charge in [-0.2, -0.15) is 0 Å². The van der Waals surface area contributed by atoms with Crippen molar-refractivity contribution in [3.05, 3.63) is 41.4 Å². The molecule has 0 unspecified atom stereocenters. The molecule has 2 rings (SSSR count). The van der Waals surface area contributed by atoms with E-state index in [9.17, 15) is 0 Å². The Bertz CT molecular complexity index is 442. The van der Waals surface area contributed by atoms with Gasteiger partial charge in [-0.1, -0.05) is 30.0 Å². The number of ether oxygens (including phenoxy) is 1. The topological polar surface area (TPSA) is 22.1 Å². The Balaban J connectivity index is 1.61. The lowest BCUT2D eigenvalue weighted by Gasteiger charge is -2.04. The number of para-hydroxylation sites is 1. The van der Waals surface area contributed by atoms with Gasteiger partial charge in [0.1, 0.15) is 10.1 Å². The van der Waals surface area contributed by atoms with E-state index in [1.165, 1.54) is 0 Å². The van der Waals surface area contributed by atoms with Gasteiger partial charge in [0.2, 0.25) is 0 Å². The van der Waals surface area contributed by atoms with Crippen LogP contribution in [0.25, 0.3) is 0 Å². The lowest BCUT2D eigenvalue weighted by atomic mass is 10.3. The van der Waals surface area contributed by atoms with E-state index in [1.807, 2.05) is 37.3 Å². The Kier molecular flexibility index (Phi) is 4.88. The molecule has 1 aromatic heterocycles. The molecule has 0 amide bonds. The molecular formula is C13H15NOS2. The molecule has 0 saturated carbocycles. The van der Waals surface area contributed by atoms with Crippen molar-refractivity contribution in [1.29, 1.82) is 0 Å². The molecule has 4 heteroatoms. The molecule has 0 aliphatic rings. The summed E-state index contributed by atoms with van der Waals surface area (Å²) in [6.45, 7) is 2.79. The summed E-state index contributed by atoms with van der Waals surface area (Å²) in [5, 5.41) is 2.09. The van der Waals surface area contributed by atoms with Gasteiger partial charge in [-0.25, -0.2) is 4.98 Å². The van der Waals surface area contributed by atoms with E-state index < -0.39 is 0 Å². The minimum Gasteiger partial charge on any atom is -0.494 e. The minimum atomic E-state index is 0.765. The Morgan fingerprint density at radius 3 is 2.82 bits per heavy atom. The molecule has 17 heavy (non-hydrogen) atoms. The van der Waals surface area contributed by atoms with Crippen LogP contribution in [0.1, 0.15) is 12.1 Å². The Morgan fingerprint density at radius 1 is 1.29 bits per heavy atom. The molecule has 0 spiro atoms. The monoisotopic (exact) mass is 265 g/mol. The molecule has 2 nitrogen and oxygen atoms in total. The van der Waals surface area contributed by atoms with E-state index in [1.54, 1.807) is 23.1 Å². The molecule has 0 aliphatic carbocycles. The number of aromatic nitrogens is 1. The number of thiazole rings is 1. The Hall–Kier alpha value is -1.00. The maximum atomic E-state index is 5.62. The zero-order valence-corrected chi connectivity index (χ0v) is 11.4. The predicted octanol–water partition coefficient (Wildman–Crippen LogP) is 4.01. The van der Waals surface area contributed by atoms with Crippen LogP contribution in [0.3, 0.4) is 0 Å². The third kappa shape index (κ3) is 4.40. The molecule has 0 fully saturated rings. The highest BCUT2D eigenvalue weighted by Gasteiger charge is 1.99. The van der Waals surface area contributed by atoms with E-state index in [-0.39, 0.29) is 0 Å². The third-order valence-corrected chi connectivity index (χ3v) is 4.35. The number of hydrogen-bond donors (Lipinski definition) is 0. The normalized spacial score (nSPS) is 10.4. The molecule has 1 aromatic carbocycles. The standard InChI is InChI=1S/C13H15NOS2/c1-11-10-17-13(14-11)16-9-5-8-15-12-6-3-2-4-7-12/h2-4,6-7,10H,5,8-9H2,1H3. The summed E-state index contributed by atoms with van der Waals surface area (Å²) < 4.78 is 6.77. The van der Waals surface area contributed by atoms with E-state index in [0.29, 0.717) is 0 Å². The molecule has 0 saturated heterocycles. The average Bonchev–Trinajstić information content (AvgIpc) is 2.76. The van der Waals surface area contributed by atoms with Gasteiger partial charge in [0.25, 0.3) is 0 Å². The van der Waals surface area contributed by atoms with Crippen molar-refractivity contribution in [3.8, 4) is 5.75 Å². The van der Waals surface area contributed by atoms with Gasteiger partial charge in [0.05, 0.1) is 6.61 Å². The molecule has 0 N–H and O–H groups in total. The molecular weight excluding hydrogens is 250 g/mol. The molecule has 90 valence electrons. The van der Waals surface area contributed by atoms with Crippen molar-refractivity contribution in [1.82, 2.24) is 4.98 Å². The highest BCUT2D eigenvalue weighted by atomic mass is 32.2. The van der Waals surface area contributed by atoms with Crippen LogP contribution in [-0.4, -0.2) is 17.3 Å². The first-order valence-electron chi connectivity index (χ1n) is 5.57. The molecule has 2 aromatic rings. The summed E-state index contributed by atoms with van der Waals surface area (Å²) in [5.74, 6) is 2.00. The lowest BCUT2D eigenvalue weighted by molar-refractivity contribution is 0.319. The van der Waals surface area contributed by atoms with E-state index in [4.69, 9.17) is 4.74 Å². The zero-order valence-electron chi connectivity index (χ0n) is 9.76. The predicted molar refractivity (Wildman–Crippen MR) is 74.1 cm³/mol. The van der Waals surface area contributed by atoms with E-state index in [2.05, 4.69) is 10.4 Å². The van der Waals surface area contributed by atoms with Crippen molar-refractivity contribution in [2.45, 2.75) is 17.7 Å². The number of rotatable bonds is 6. The van der Waals surface area contributed by atoms with Crippen LogP contribution in [0.4, 0.5) is 0 Å². The zero-order chi connectivity index (χ0) is 11.9. The van der Waals surface area contributed by atoms with Crippen molar-refractivity contribution in [3.63, 3.8) is 0 Å². The van der Waals surface area contributed by atoms with Crippen molar-refractivity contribution in [2.24, 2.45) is 0 Å². The summed E-state index contributed by atoms with van der Waals surface area (Å²) >= 11 is 3.52. The quantitative estimate of drug-likeness (QED) is 0.582. The second kappa shape index (κ2) is 6.67. The first-order chi connectivity index (χ1) is 8.34. The largest absolute Gasteiger partial charge is 0.494 e. The summed E-state index contributed by atoms with van der Waals surface area (Å²) in [7, 11) is 0. The first-order valence-corrected chi connectivity index (χ1v) is 7.44. The highest BCUT2D eigenvalue weighted by molar-refractivity contribution is 8.00. The van der Waals surface area contributed by atoms with Gasteiger partial charge in [0.15, 0.2) is 0 Å². The number of hydrogen-bond acceptors (Lipinski definition) is 4. The van der Waals surface area contributed by atoms with Crippen LogP contribution < -0.4 is 4.74 Å². The van der Waals surface area contributed by atoms with Gasteiger partial charge in [0, 0.05) is 16.8 Å². The average molecular weight is 265 g/mol. The number of aryl methyl sites for hydroxylation is 1. The highest BCUT2D eigenvalue weighted by Crippen LogP contribution is 2.22. The molecule has 0 radical (unpaired) electrons. The van der Waals surface area contributed by atoms with Crippen LogP contribution in [-0.2, 0) is 0 Å². The number of nitrogens with zero attached hydrogens (tertiary/aromatic N) is 1. The first kappa shape index (κ1) is 12.5. The molecule has 0 aliphatic heterocycles. The van der Waals surface area contributed by atoms with Crippen LogP contribution >= 0.6 is 23.1 Å². The Labute approximate surface area is 110 Å². The van der Waals surface area contributed by atoms with Crippen LogP contribution in [0.2, 0.25) is 0 Å². The fraction of sp³-hybridized carbons (Fsp3) is 0.308. The molecule has 0 atom stereocenters. The van der Waals surface area contributed by atoms with Gasteiger partial charge in [-0.05, 0) is 25.5 Å². The lowest BCUT2D eigenvalue weighted by Crippen LogP contribution is -1.98. The molecule has 0 bridgehead atoms. The fourth-order valence-corrected chi connectivity index (χ4v) is 3.16. The molecule has 1 heterocycles. The summed E-state index contributed by atoms with van der Waals surface area (Å²) in [6, 6.07) is 9.94. The van der Waals surface area contributed by atoms with Crippen molar-refractivity contribution >= 4 is 23.1 Å². The number of benzene rings is 1. The maximum absolute atomic E-state index is 5.62. The van der Waals surface area contributed by atoms with E-state index in [0.717, 1.165) is 34.6 Å². The number of thioether (sulfide) groups is 1. The third-order valence-electron chi connectivity index (χ3n) is 2.12. The van der Waals surface area contributed by atoms with Gasteiger partial charge < -0.3 is 4.74 Å². The van der Waals surface area contributed by atoms with Crippen molar-refractivity contribution in [2.75, 3.05) is 12.4 Å². The fourth-order valence-electron chi connectivity index (χ4n) is 1.32. The van der Waals surface area contributed by atoms with Gasteiger partial charge in [-0.3, -0.25) is 0 Å². The summed E-state index contributed by atoms with van der Waals surface area (Å²) in [6.07, 6.45) is 1.04. The Morgan fingerprint density at radius 2 is 2.12 bits per heavy atom.